The molecule has 14 heavy (non-hydrogen) atoms. The summed E-state index contributed by atoms with van der Waals surface area (Å²) >= 11 is 8.24. The first-order chi connectivity index (χ1) is 6.56. The van der Waals surface area contributed by atoms with E-state index in [4.69, 9.17) is 0 Å². The molecule has 0 radical (unpaired) electrons. The quantitative estimate of drug-likeness (QED) is 0.468. The largest absolute Gasteiger partial charge is 0.293 e. The van der Waals surface area contributed by atoms with Crippen molar-refractivity contribution in [1.82, 2.24) is 0 Å². The molecule has 0 N–H and O–H groups in total. The molecule has 1 atom stereocenters. The van der Waals surface area contributed by atoms with Gasteiger partial charge in [0.1, 0.15) is 0 Å². The lowest BCUT2D eigenvalue weighted by Gasteiger charge is -2.08. The average molecular weight is 338 g/mol. The van der Waals surface area contributed by atoms with Gasteiger partial charge in [0.25, 0.3) is 0 Å². The van der Waals surface area contributed by atoms with E-state index >= 15 is 0 Å². The second kappa shape index (κ2) is 5.33. The molecular weight excluding hydrogens is 328 g/mol. The van der Waals surface area contributed by atoms with Crippen LogP contribution in [0.15, 0.2) is 27.6 Å². The van der Waals surface area contributed by atoms with Crippen LogP contribution in [0.25, 0.3) is 0 Å². The number of hydrogen-bond donors (Lipinski definition) is 0. The molecule has 1 rings (SSSR count). The Balaban J connectivity index is 3.17. The molecule has 0 saturated heterocycles. The number of ketones is 1. The Bertz CT molecular complexity index is 350. The lowest BCUT2D eigenvalue weighted by atomic mass is 10.1. The molecule has 1 nitrogen and oxygen atoms in total. The number of Topliss-reactive ketones (excluding diaryl/α,β-unsaturated/α-hetero) is 1. The first-order valence-corrected chi connectivity index (χ1v) is 7.01. The van der Waals surface area contributed by atoms with Crippen molar-refractivity contribution < 1.29 is 4.79 Å². The van der Waals surface area contributed by atoms with Crippen LogP contribution in [0.5, 0.6) is 0 Å². The summed E-state index contributed by atoms with van der Waals surface area (Å²) in [6.45, 7) is 1.84. The highest BCUT2D eigenvalue weighted by Crippen LogP contribution is 2.26. The molecular formula is C10H10Br2OS. The summed E-state index contributed by atoms with van der Waals surface area (Å²) in [5.41, 5.74) is 0.774. The number of carbonyl (C=O) groups excluding carboxylic acids is 1. The molecule has 0 spiro atoms. The maximum Gasteiger partial charge on any atom is 0.177 e. The summed E-state index contributed by atoms with van der Waals surface area (Å²) in [6, 6.07) is 5.77. The molecule has 0 fully saturated rings. The van der Waals surface area contributed by atoms with Crippen LogP contribution in [0.1, 0.15) is 17.3 Å². The highest BCUT2D eigenvalue weighted by molar-refractivity contribution is 9.10. The highest BCUT2D eigenvalue weighted by atomic mass is 79.9. The molecule has 1 unspecified atom stereocenters. The van der Waals surface area contributed by atoms with Gasteiger partial charge in [-0.3, -0.25) is 4.79 Å². The molecule has 0 amide bonds. The van der Waals surface area contributed by atoms with Crippen molar-refractivity contribution in [2.75, 3.05) is 6.26 Å². The van der Waals surface area contributed by atoms with Gasteiger partial charge in [0, 0.05) is 14.9 Å². The van der Waals surface area contributed by atoms with Crippen molar-refractivity contribution in [2.45, 2.75) is 16.6 Å². The molecule has 0 aromatic heterocycles. The Hall–Kier alpha value is 0.200. The van der Waals surface area contributed by atoms with E-state index in [2.05, 4.69) is 31.9 Å². The van der Waals surface area contributed by atoms with Crippen molar-refractivity contribution in [1.29, 1.82) is 0 Å². The second-order valence-corrected chi connectivity index (χ2v) is 5.96. The van der Waals surface area contributed by atoms with Crippen LogP contribution < -0.4 is 0 Å². The Labute approximate surface area is 105 Å². The van der Waals surface area contributed by atoms with Crippen molar-refractivity contribution in [3.63, 3.8) is 0 Å². The van der Waals surface area contributed by atoms with E-state index in [0.717, 1.165) is 14.9 Å². The molecule has 4 heteroatoms. The third-order valence-electron chi connectivity index (χ3n) is 1.79. The number of carbonyl (C=O) groups is 1. The van der Waals surface area contributed by atoms with Crippen molar-refractivity contribution in [2.24, 2.45) is 0 Å². The van der Waals surface area contributed by atoms with Gasteiger partial charge < -0.3 is 0 Å². The molecule has 0 heterocycles. The lowest BCUT2D eigenvalue weighted by molar-refractivity contribution is 0.0993. The van der Waals surface area contributed by atoms with Crippen LogP contribution in [-0.2, 0) is 0 Å². The molecule has 0 saturated carbocycles. The van der Waals surface area contributed by atoms with Crippen molar-refractivity contribution in [3.8, 4) is 0 Å². The van der Waals surface area contributed by atoms with Gasteiger partial charge >= 0.3 is 0 Å². The van der Waals surface area contributed by atoms with E-state index in [9.17, 15) is 4.79 Å². The predicted molar refractivity (Wildman–Crippen MR) is 68.6 cm³/mol. The fourth-order valence-electron chi connectivity index (χ4n) is 1.09. The summed E-state index contributed by atoms with van der Waals surface area (Å²) in [5.74, 6) is 0.121. The van der Waals surface area contributed by atoms with Crippen LogP contribution in [0.4, 0.5) is 0 Å². The summed E-state index contributed by atoms with van der Waals surface area (Å²) in [5, 5.41) is 0. The predicted octanol–water partition coefficient (Wildman–Crippen LogP) is 4.14. The molecule has 1 aromatic rings. The Morgan fingerprint density at radius 2 is 2.14 bits per heavy atom. The number of thioether (sulfide) groups is 1. The van der Waals surface area contributed by atoms with Gasteiger partial charge in [-0.15, -0.1) is 11.8 Å². The summed E-state index contributed by atoms with van der Waals surface area (Å²) in [7, 11) is 0. The van der Waals surface area contributed by atoms with Crippen LogP contribution in [-0.4, -0.2) is 16.9 Å². The Morgan fingerprint density at radius 3 is 2.64 bits per heavy atom. The summed E-state index contributed by atoms with van der Waals surface area (Å²) in [4.78, 5) is 12.7. The van der Waals surface area contributed by atoms with Crippen LogP contribution in [0.3, 0.4) is 0 Å². The van der Waals surface area contributed by atoms with E-state index in [0.29, 0.717) is 0 Å². The fourth-order valence-corrected chi connectivity index (χ4v) is 2.28. The number of benzene rings is 1. The van der Waals surface area contributed by atoms with E-state index in [-0.39, 0.29) is 10.6 Å². The number of alkyl halides is 1. The van der Waals surface area contributed by atoms with Crippen LogP contribution in [0, 0.1) is 0 Å². The van der Waals surface area contributed by atoms with E-state index in [1.807, 2.05) is 31.4 Å². The van der Waals surface area contributed by atoms with Gasteiger partial charge in [0.2, 0.25) is 0 Å². The number of halogens is 2. The van der Waals surface area contributed by atoms with Gasteiger partial charge in [-0.05, 0) is 31.4 Å². The fraction of sp³-hybridized carbons (Fsp3) is 0.300. The normalized spacial score (nSPS) is 12.6. The Kier molecular flexibility index (Phi) is 4.67. The van der Waals surface area contributed by atoms with E-state index < -0.39 is 0 Å². The highest BCUT2D eigenvalue weighted by Gasteiger charge is 2.15. The van der Waals surface area contributed by atoms with Gasteiger partial charge in [0.15, 0.2) is 5.78 Å². The molecule has 76 valence electrons. The third-order valence-corrected chi connectivity index (χ3v) is 3.49. The van der Waals surface area contributed by atoms with Gasteiger partial charge in [-0.25, -0.2) is 0 Å². The van der Waals surface area contributed by atoms with Crippen molar-refractivity contribution >= 4 is 49.4 Å². The maximum atomic E-state index is 11.8. The van der Waals surface area contributed by atoms with E-state index in [1.54, 1.807) is 11.8 Å². The summed E-state index contributed by atoms with van der Waals surface area (Å²) < 4.78 is 0.937. The smallest absolute Gasteiger partial charge is 0.177 e. The minimum atomic E-state index is -0.136. The zero-order valence-electron chi connectivity index (χ0n) is 7.88. The zero-order valence-corrected chi connectivity index (χ0v) is 11.9. The molecule has 0 aliphatic heterocycles. The van der Waals surface area contributed by atoms with Crippen LogP contribution >= 0.6 is 43.6 Å². The van der Waals surface area contributed by atoms with Crippen molar-refractivity contribution in [3.05, 3.63) is 28.2 Å². The van der Waals surface area contributed by atoms with Gasteiger partial charge in [-0.2, -0.15) is 0 Å². The molecule has 0 aliphatic rings. The number of rotatable bonds is 3. The second-order valence-electron chi connectivity index (χ2n) is 2.82. The average Bonchev–Trinajstić information content (AvgIpc) is 2.16. The minimum absolute atomic E-state index is 0.121. The molecule has 0 bridgehead atoms. The number of hydrogen-bond acceptors (Lipinski definition) is 2. The first kappa shape index (κ1) is 12.3. The third kappa shape index (κ3) is 2.84. The lowest BCUT2D eigenvalue weighted by Crippen LogP contribution is -2.11. The Morgan fingerprint density at radius 1 is 1.50 bits per heavy atom. The standard InChI is InChI=1S/C10H10Br2OS/c1-6(11)10(13)8-5-7(12)3-4-9(8)14-2/h3-6H,1-2H3. The maximum absolute atomic E-state index is 11.8. The molecule has 0 aliphatic carbocycles. The topological polar surface area (TPSA) is 17.1 Å². The minimum Gasteiger partial charge on any atom is -0.293 e. The van der Waals surface area contributed by atoms with E-state index in [1.165, 1.54) is 0 Å². The monoisotopic (exact) mass is 336 g/mol. The summed E-state index contributed by atoms with van der Waals surface area (Å²) in [6.07, 6.45) is 1.97. The van der Waals surface area contributed by atoms with Crippen LogP contribution in [0.2, 0.25) is 0 Å². The van der Waals surface area contributed by atoms with Gasteiger partial charge in [0.05, 0.1) is 4.83 Å². The zero-order chi connectivity index (χ0) is 10.7. The first-order valence-electron chi connectivity index (χ1n) is 4.08. The van der Waals surface area contributed by atoms with Gasteiger partial charge in [-0.1, -0.05) is 31.9 Å². The molecule has 1 aromatic carbocycles. The SMILES string of the molecule is CSc1ccc(Br)cc1C(=O)C(C)Br.